The number of nitrogens with zero attached hydrogens (tertiary/aromatic N) is 1. The summed E-state index contributed by atoms with van der Waals surface area (Å²) < 4.78 is 60.9. The maximum Gasteiger partial charge on any atom is 0.422 e. The number of alkyl halides is 3. The minimum atomic E-state index is -4.47. The van der Waals surface area contributed by atoms with Gasteiger partial charge in [0.1, 0.15) is 5.82 Å². The van der Waals surface area contributed by atoms with E-state index >= 15 is 0 Å². The van der Waals surface area contributed by atoms with Crippen molar-refractivity contribution in [2.75, 3.05) is 19.0 Å². The van der Waals surface area contributed by atoms with Crippen LogP contribution in [0.4, 0.5) is 23.2 Å². The highest BCUT2D eigenvalue weighted by Gasteiger charge is 2.28. The van der Waals surface area contributed by atoms with Gasteiger partial charge in [-0.1, -0.05) is 6.07 Å². The molecule has 0 saturated heterocycles. The van der Waals surface area contributed by atoms with Gasteiger partial charge in [-0.05, 0) is 18.2 Å². The molecule has 1 aromatic carbocycles. The monoisotopic (exact) mass is 414 g/mol. The van der Waals surface area contributed by atoms with E-state index in [4.69, 9.17) is 4.74 Å². The number of nitrogens with one attached hydrogen (secondary N) is 1. The Morgan fingerprint density at radius 1 is 1.25 bits per heavy atom. The Bertz CT molecular complexity index is 987. The molecule has 0 spiro atoms. The summed E-state index contributed by atoms with van der Waals surface area (Å²) in [5, 5.41) is 2.92. The predicted octanol–water partition coefficient (Wildman–Crippen LogP) is 4.78. The van der Waals surface area contributed by atoms with E-state index in [2.05, 4.69) is 15.0 Å². The Labute approximate surface area is 160 Å². The van der Waals surface area contributed by atoms with Crippen LogP contribution in [0, 0.1) is 5.82 Å². The zero-order valence-corrected chi connectivity index (χ0v) is 15.3. The molecule has 0 saturated carbocycles. The summed E-state index contributed by atoms with van der Waals surface area (Å²) in [6, 6.07) is 7.13. The number of rotatable bonds is 6. The second kappa shape index (κ2) is 8.11. The largest absolute Gasteiger partial charge is 0.468 e. The highest BCUT2D eigenvalue weighted by atomic mass is 32.1. The highest BCUT2D eigenvalue weighted by Crippen LogP contribution is 2.34. The van der Waals surface area contributed by atoms with Gasteiger partial charge < -0.3 is 14.8 Å². The molecule has 2 heterocycles. The van der Waals surface area contributed by atoms with E-state index in [9.17, 15) is 22.4 Å². The van der Waals surface area contributed by atoms with Gasteiger partial charge in [-0.15, -0.1) is 11.3 Å². The number of pyridine rings is 1. The lowest BCUT2D eigenvalue weighted by atomic mass is 10.1. The van der Waals surface area contributed by atoms with E-state index in [0.29, 0.717) is 15.6 Å². The number of carbonyl (C=O) groups is 1. The number of ether oxygens (including phenoxy) is 2. The van der Waals surface area contributed by atoms with Gasteiger partial charge in [0.25, 0.3) is 5.91 Å². The molecule has 0 radical (unpaired) electrons. The molecule has 10 heteroatoms. The van der Waals surface area contributed by atoms with Crippen molar-refractivity contribution in [1.82, 2.24) is 4.98 Å². The van der Waals surface area contributed by atoms with Crippen molar-refractivity contribution in [2.45, 2.75) is 12.8 Å². The standard InChI is InChI=1S/C18H14F4N2O3S/c1-26-8-11-15-12(19)3-2-4-13(15)28-16(11)17(25)24-10-5-6-14(23-7-10)27-9-18(20,21)22/h2-7H,8-9H2,1H3,(H,24,25). The van der Waals surface area contributed by atoms with E-state index in [0.717, 1.165) is 11.3 Å². The van der Waals surface area contributed by atoms with Crippen LogP contribution in [0.25, 0.3) is 10.1 Å². The van der Waals surface area contributed by atoms with Crippen LogP contribution in [0.5, 0.6) is 5.88 Å². The molecule has 28 heavy (non-hydrogen) atoms. The number of aromatic nitrogens is 1. The van der Waals surface area contributed by atoms with Crippen LogP contribution in [0.15, 0.2) is 36.5 Å². The van der Waals surface area contributed by atoms with E-state index < -0.39 is 24.5 Å². The summed E-state index contributed by atoms with van der Waals surface area (Å²) in [5.41, 5.74) is 0.682. The fraction of sp³-hybridized carbons (Fsp3) is 0.222. The second-order valence-corrected chi connectivity index (χ2v) is 6.75. The number of hydrogen-bond donors (Lipinski definition) is 1. The second-order valence-electron chi connectivity index (χ2n) is 5.70. The maximum atomic E-state index is 14.2. The first-order chi connectivity index (χ1) is 13.3. The fourth-order valence-electron chi connectivity index (χ4n) is 2.52. The number of amides is 1. The summed E-state index contributed by atoms with van der Waals surface area (Å²) in [7, 11) is 1.44. The maximum absolute atomic E-state index is 14.2. The van der Waals surface area contributed by atoms with Gasteiger partial charge in [-0.2, -0.15) is 13.2 Å². The first kappa shape index (κ1) is 20.0. The van der Waals surface area contributed by atoms with E-state index in [1.54, 1.807) is 12.1 Å². The fourth-order valence-corrected chi connectivity index (χ4v) is 3.63. The van der Waals surface area contributed by atoms with Gasteiger partial charge in [0.05, 0.1) is 23.4 Å². The van der Waals surface area contributed by atoms with E-state index in [-0.39, 0.29) is 23.1 Å². The lowest BCUT2D eigenvalue weighted by Crippen LogP contribution is -2.19. The van der Waals surface area contributed by atoms with Crippen LogP contribution in [-0.4, -0.2) is 30.8 Å². The molecule has 148 valence electrons. The first-order valence-electron chi connectivity index (χ1n) is 7.94. The van der Waals surface area contributed by atoms with Crippen molar-refractivity contribution < 1.29 is 31.8 Å². The Morgan fingerprint density at radius 3 is 2.68 bits per heavy atom. The molecule has 1 amide bonds. The molecule has 0 aliphatic heterocycles. The van der Waals surface area contributed by atoms with Gasteiger partial charge in [0.2, 0.25) is 5.88 Å². The van der Waals surface area contributed by atoms with Crippen LogP contribution >= 0.6 is 11.3 Å². The molecule has 0 unspecified atom stereocenters. The van der Waals surface area contributed by atoms with Crippen LogP contribution < -0.4 is 10.1 Å². The molecular formula is C18H14F4N2O3S. The smallest absolute Gasteiger partial charge is 0.422 e. The first-order valence-corrected chi connectivity index (χ1v) is 8.76. The SMILES string of the molecule is COCc1c(C(=O)Nc2ccc(OCC(F)(F)F)nc2)sc2cccc(F)c12. The molecule has 2 aromatic heterocycles. The van der Waals surface area contributed by atoms with Gasteiger partial charge >= 0.3 is 6.18 Å². The third-order valence-corrected chi connectivity index (χ3v) is 4.83. The van der Waals surface area contributed by atoms with Crippen LogP contribution in [0.2, 0.25) is 0 Å². The molecule has 3 aromatic rings. The lowest BCUT2D eigenvalue weighted by molar-refractivity contribution is -0.154. The summed E-state index contributed by atoms with van der Waals surface area (Å²) in [5.74, 6) is -1.18. The Balaban J connectivity index is 1.79. The quantitative estimate of drug-likeness (QED) is 0.590. The number of thiophene rings is 1. The van der Waals surface area contributed by atoms with Crippen molar-refractivity contribution in [3.8, 4) is 5.88 Å². The molecule has 0 atom stereocenters. The predicted molar refractivity (Wildman–Crippen MR) is 96.2 cm³/mol. The normalized spacial score (nSPS) is 11.6. The van der Waals surface area contributed by atoms with Crippen molar-refractivity contribution >= 4 is 33.0 Å². The molecule has 5 nitrogen and oxygen atoms in total. The number of hydrogen-bond acceptors (Lipinski definition) is 5. The summed E-state index contributed by atoms with van der Waals surface area (Å²) in [6.07, 6.45) is -3.30. The summed E-state index contributed by atoms with van der Waals surface area (Å²) in [6.45, 7) is -1.41. The topological polar surface area (TPSA) is 60.5 Å². The highest BCUT2D eigenvalue weighted by molar-refractivity contribution is 7.21. The zero-order chi connectivity index (χ0) is 20.3. The van der Waals surface area contributed by atoms with Gasteiger partial charge in [0, 0.05) is 28.8 Å². The minimum absolute atomic E-state index is 0.0478. The third kappa shape index (κ3) is 4.57. The average molecular weight is 414 g/mol. The molecule has 0 fully saturated rings. The number of fused-ring (bicyclic) bond motifs is 1. The lowest BCUT2D eigenvalue weighted by Gasteiger charge is -2.09. The van der Waals surface area contributed by atoms with Crippen LogP contribution in [0.1, 0.15) is 15.2 Å². The number of anilines is 1. The van der Waals surface area contributed by atoms with Gasteiger partial charge in [0.15, 0.2) is 6.61 Å². The molecule has 0 aliphatic carbocycles. The number of carbonyl (C=O) groups excluding carboxylic acids is 1. The molecule has 3 rings (SSSR count). The van der Waals surface area contributed by atoms with E-state index in [1.807, 2.05) is 0 Å². The van der Waals surface area contributed by atoms with Gasteiger partial charge in [-0.25, -0.2) is 9.37 Å². The molecule has 1 N–H and O–H groups in total. The Kier molecular flexibility index (Phi) is 5.80. The molecular weight excluding hydrogens is 400 g/mol. The minimum Gasteiger partial charge on any atom is -0.468 e. The number of methoxy groups -OCH3 is 1. The number of benzene rings is 1. The third-order valence-electron chi connectivity index (χ3n) is 3.64. The van der Waals surface area contributed by atoms with E-state index in [1.165, 1.54) is 31.5 Å². The summed E-state index contributed by atoms with van der Waals surface area (Å²) in [4.78, 5) is 16.6. The van der Waals surface area contributed by atoms with Crippen LogP contribution in [0.3, 0.4) is 0 Å². The zero-order valence-electron chi connectivity index (χ0n) is 14.5. The number of halogens is 4. The Hall–Kier alpha value is -2.72. The molecule has 0 bridgehead atoms. The van der Waals surface area contributed by atoms with Crippen molar-refractivity contribution in [3.05, 3.63) is 52.8 Å². The van der Waals surface area contributed by atoms with Gasteiger partial charge in [-0.3, -0.25) is 4.79 Å². The van der Waals surface area contributed by atoms with Crippen molar-refractivity contribution in [2.24, 2.45) is 0 Å². The Morgan fingerprint density at radius 2 is 2.04 bits per heavy atom. The summed E-state index contributed by atoms with van der Waals surface area (Å²) >= 11 is 1.12. The van der Waals surface area contributed by atoms with Crippen molar-refractivity contribution in [3.63, 3.8) is 0 Å². The average Bonchev–Trinajstić information content (AvgIpc) is 3.01. The van der Waals surface area contributed by atoms with Crippen molar-refractivity contribution in [1.29, 1.82) is 0 Å². The molecule has 0 aliphatic rings. The van der Waals surface area contributed by atoms with Crippen LogP contribution in [-0.2, 0) is 11.3 Å².